The maximum absolute atomic E-state index is 13.8. The fraction of sp³-hybridized carbons (Fsp3) is 0.314. The van der Waals surface area contributed by atoms with Crippen molar-refractivity contribution in [2.45, 2.75) is 61.8 Å². The number of aromatic nitrogens is 2. The van der Waals surface area contributed by atoms with Crippen LogP contribution in [-0.4, -0.2) is 46.8 Å². The number of aliphatic hydroxyl groups excluding tert-OH is 1. The van der Waals surface area contributed by atoms with Crippen LogP contribution < -0.4 is 19.1 Å². The topological polar surface area (TPSA) is 111 Å². The fourth-order valence-electron chi connectivity index (χ4n) is 5.71. The van der Waals surface area contributed by atoms with Gasteiger partial charge in [-0.05, 0) is 72.5 Å². The van der Waals surface area contributed by atoms with Crippen LogP contribution in [0.3, 0.4) is 0 Å². The second-order valence-corrected chi connectivity index (χ2v) is 14.5. The molecule has 2 unspecified atom stereocenters. The number of unbranched alkanes of at least 4 members (excludes halogenated alkanes) is 2. The maximum Gasteiger partial charge on any atom is 0.301 e. The van der Waals surface area contributed by atoms with Crippen LogP contribution in [0.15, 0.2) is 64.5 Å². The number of amides is 1. The number of ketones is 1. The van der Waals surface area contributed by atoms with Gasteiger partial charge in [-0.1, -0.05) is 78.2 Å². The summed E-state index contributed by atoms with van der Waals surface area (Å²) in [4.78, 5) is 28.9. The number of nitrogens with zero attached hydrogens (tertiary/aromatic N) is 3. The summed E-state index contributed by atoms with van der Waals surface area (Å²) in [6, 6.07) is 14.8. The zero-order valence-corrected chi connectivity index (χ0v) is 29.6. The number of carbonyl (C=O) groups is 2. The van der Waals surface area contributed by atoms with Crippen LogP contribution in [0, 0.1) is 0 Å². The molecule has 1 saturated heterocycles. The molecule has 1 amide bonds. The number of ether oxygens (including phenoxy) is 3. The molecule has 6 rings (SSSR count). The van der Waals surface area contributed by atoms with E-state index in [1.54, 1.807) is 48.5 Å². The number of anilines is 1. The standard InChI is InChI=1S/C35H33Cl2N3O6S2/c1-4-5-6-13-45-27-12-8-20(16-28(27)44-3)30-29(31(41)21-9-11-26-23(15-21)14-19(2)46-26)32(42)33(43)40(30)34-38-39-35(48-34)47-18-22-7-10-24(36)17-25(22)37/h7-12,15-17,19,30,41H,4-6,13-14,18H2,1-3H3/b31-29+. The van der Waals surface area contributed by atoms with E-state index in [1.165, 1.54) is 35.1 Å². The van der Waals surface area contributed by atoms with Crippen molar-refractivity contribution in [1.29, 1.82) is 0 Å². The molecule has 0 aliphatic carbocycles. The number of hydrogen-bond acceptors (Lipinski definition) is 10. The summed E-state index contributed by atoms with van der Waals surface area (Å²) in [7, 11) is 1.53. The Balaban J connectivity index is 1.38. The van der Waals surface area contributed by atoms with E-state index in [0.29, 0.717) is 55.8 Å². The van der Waals surface area contributed by atoms with E-state index in [9.17, 15) is 14.7 Å². The van der Waals surface area contributed by atoms with Crippen molar-refractivity contribution in [1.82, 2.24) is 10.2 Å². The molecule has 2 aliphatic heterocycles. The van der Waals surface area contributed by atoms with Gasteiger partial charge in [0.1, 0.15) is 17.6 Å². The Labute approximate surface area is 296 Å². The number of benzene rings is 3. The van der Waals surface area contributed by atoms with Gasteiger partial charge in [-0.15, -0.1) is 10.2 Å². The van der Waals surface area contributed by atoms with Crippen LogP contribution in [0.5, 0.6) is 17.2 Å². The lowest BCUT2D eigenvalue weighted by molar-refractivity contribution is -0.132. The van der Waals surface area contributed by atoms with Gasteiger partial charge in [0.15, 0.2) is 15.8 Å². The van der Waals surface area contributed by atoms with Crippen molar-refractivity contribution in [3.05, 3.63) is 92.5 Å². The summed E-state index contributed by atoms with van der Waals surface area (Å²) in [5, 5.41) is 21.6. The minimum atomic E-state index is -1.02. The van der Waals surface area contributed by atoms with Crippen LogP contribution in [-0.2, 0) is 21.8 Å². The number of fused-ring (bicyclic) bond motifs is 1. The highest BCUT2D eigenvalue weighted by molar-refractivity contribution is 8.00. The summed E-state index contributed by atoms with van der Waals surface area (Å²) < 4.78 is 18.1. The van der Waals surface area contributed by atoms with Gasteiger partial charge in [0.25, 0.3) is 5.78 Å². The Morgan fingerprint density at radius 1 is 1.08 bits per heavy atom. The van der Waals surface area contributed by atoms with E-state index in [1.807, 2.05) is 13.0 Å². The minimum absolute atomic E-state index is 0.00154. The van der Waals surface area contributed by atoms with Gasteiger partial charge >= 0.3 is 5.91 Å². The van der Waals surface area contributed by atoms with E-state index in [4.69, 9.17) is 37.4 Å². The van der Waals surface area contributed by atoms with E-state index >= 15 is 0 Å². The van der Waals surface area contributed by atoms with Crippen LogP contribution in [0.25, 0.3) is 5.76 Å². The molecular weight excluding hydrogens is 693 g/mol. The highest BCUT2D eigenvalue weighted by atomic mass is 35.5. The van der Waals surface area contributed by atoms with E-state index < -0.39 is 17.7 Å². The molecule has 0 radical (unpaired) electrons. The van der Waals surface area contributed by atoms with Crippen molar-refractivity contribution >= 4 is 68.9 Å². The second-order valence-electron chi connectivity index (χ2n) is 11.5. The number of halogens is 2. The van der Waals surface area contributed by atoms with Gasteiger partial charge in [-0.2, -0.15) is 0 Å². The Kier molecular flexibility index (Phi) is 10.5. The number of carbonyl (C=O) groups excluding carboxylic acids is 2. The zero-order chi connectivity index (χ0) is 33.9. The van der Waals surface area contributed by atoms with Crippen molar-refractivity contribution < 1.29 is 28.9 Å². The van der Waals surface area contributed by atoms with Crippen molar-refractivity contribution in [3.63, 3.8) is 0 Å². The maximum atomic E-state index is 13.8. The molecule has 1 fully saturated rings. The number of methoxy groups -OCH3 is 1. The normalized spacial score (nSPS) is 18.2. The molecule has 9 nitrogen and oxygen atoms in total. The van der Waals surface area contributed by atoms with Gasteiger partial charge < -0.3 is 19.3 Å². The third-order valence-electron chi connectivity index (χ3n) is 8.09. The lowest BCUT2D eigenvalue weighted by atomic mass is 9.94. The van der Waals surface area contributed by atoms with Gasteiger partial charge in [-0.25, -0.2) is 0 Å². The first-order chi connectivity index (χ1) is 23.2. The monoisotopic (exact) mass is 725 g/mol. The molecule has 250 valence electrons. The van der Waals surface area contributed by atoms with E-state index in [2.05, 4.69) is 17.1 Å². The SMILES string of the molecule is CCCCCOc1ccc(C2/C(=C(\O)c3ccc4c(c3)CC(C)O4)C(=O)C(=O)N2c2nnc(SCc3ccc(Cl)cc3Cl)s2)cc1OC. The van der Waals surface area contributed by atoms with Gasteiger partial charge in [0.2, 0.25) is 5.13 Å². The Bertz CT molecular complexity index is 1900. The van der Waals surface area contributed by atoms with Crippen molar-refractivity contribution in [2.24, 2.45) is 0 Å². The molecule has 1 aromatic heterocycles. The lowest BCUT2D eigenvalue weighted by Gasteiger charge is -2.23. The van der Waals surface area contributed by atoms with Crippen molar-refractivity contribution in [3.8, 4) is 17.2 Å². The van der Waals surface area contributed by atoms with Gasteiger partial charge in [-0.3, -0.25) is 14.5 Å². The largest absolute Gasteiger partial charge is 0.507 e. The molecule has 13 heteroatoms. The summed E-state index contributed by atoms with van der Waals surface area (Å²) in [5.41, 5.74) is 2.65. The summed E-state index contributed by atoms with van der Waals surface area (Å²) in [5.74, 6) is 0.243. The Morgan fingerprint density at radius 2 is 1.92 bits per heavy atom. The predicted octanol–water partition coefficient (Wildman–Crippen LogP) is 8.66. The summed E-state index contributed by atoms with van der Waals surface area (Å²) in [6.07, 6.45) is 3.66. The van der Waals surface area contributed by atoms with E-state index in [0.717, 1.165) is 36.1 Å². The molecule has 2 atom stereocenters. The lowest BCUT2D eigenvalue weighted by Crippen LogP contribution is -2.29. The average Bonchev–Trinajstić information content (AvgIpc) is 3.77. The van der Waals surface area contributed by atoms with Gasteiger partial charge in [0.05, 0.1) is 25.3 Å². The molecule has 48 heavy (non-hydrogen) atoms. The third kappa shape index (κ3) is 7.01. The number of thioether (sulfide) groups is 1. The Morgan fingerprint density at radius 3 is 2.69 bits per heavy atom. The Hall–Kier alpha value is -3.77. The zero-order valence-electron chi connectivity index (χ0n) is 26.5. The first kappa shape index (κ1) is 34.1. The summed E-state index contributed by atoms with van der Waals surface area (Å²) in [6.45, 7) is 4.61. The molecule has 4 aromatic rings. The van der Waals surface area contributed by atoms with Crippen LogP contribution in [0.4, 0.5) is 5.13 Å². The van der Waals surface area contributed by atoms with Gasteiger partial charge in [0, 0.05) is 27.8 Å². The van der Waals surface area contributed by atoms with Crippen molar-refractivity contribution in [2.75, 3.05) is 18.6 Å². The molecule has 2 aliphatic rings. The molecule has 0 spiro atoms. The number of aliphatic hydroxyl groups is 1. The summed E-state index contributed by atoms with van der Waals surface area (Å²) >= 11 is 15.0. The highest BCUT2D eigenvalue weighted by Crippen LogP contribution is 2.46. The molecule has 1 N–H and O–H groups in total. The molecule has 3 heterocycles. The number of rotatable bonds is 12. The van der Waals surface area contributed by atoms with Crippen LogP contribution in [0.2, 0.25) is 10.0 Å². The average molecular weight is 727 g/mol. The molecule has 0 saturated carbocycles. The molecule has 0 bridgehead atoms. The van der Waals surface area contributed by atoms with Crippen LogP contribution in [0.1, 0.15) is 61.4 Å². The third-order valence-corrected chi connectivity index (χ3v) is 10.8. The first-order valence-electron chi connectivity index (χ1n) is 15.5. The molecular formula is C35H33Cl2N3O6S2. The number of Topliss-reactive ketones (excluding diaryl/α,β-unsaturated/α-hetero) is 1. The van der Waals surface area contributed by atoms with E-state index in [-0.39, 0.29) is 22.6 Å². The minimum Gasteiger partial charge on any atom is -0.507 e. The van der Waals surface area contributed by atoms with Crippen LogP contribution >= 0.6 is 46.3 Å². The number of hydrogen-bond donors (Lipinski definition) is 1. The first-order valence-corrected chi connectivity index (χ1v) is 18.1. The quantitative estimate of drug-likeness (QED) is 0.0383. The fourth-order valence-corrected chi connectivity index (χ4v) is 8.14. The predicted molar refractivity (Wildman–Crippen MR) is 189 cm³/mol. The highest BCUT2D eigenvalue weighted by Gasteiger charge is 2.48. The molecule has 3 aromatic carbocycles. The smallest absolute Gasteiger partial charge is 0.301 e. The second kappa shape index (κ2) is 14.8.